The van der Waals surface area contributed by atoms with Gasteiger partial charge in [0.05, 0.1) is 5.54 Å². The van der Waals surface area contributed by atoms with Gasteiger partial charge < -0.3 is 15.1 Å². The Labute approximate surface area is 106 Å². The van der Waals surface area contributed by atoms with Crippen LogP contribution in [-0.4, -0.2) is 61.5 Å². The summed E-state index contributed by atoms with van der Waals surface area (Å²) in [7, 11) is 4.06. The molecule has 0 bridgehead atoms. The van der Waals surface area contributed by atoms with E-state index in [1.165, 1.54) is 0 Å². The van der Waals surface area contributed by atoms with Crippen molar-refractivity contribution in [1.29, 1.82) is 0 Å². The second-order valence-corrected chi connectivity index (χ2v) is 5.25. The van der Waals surface area contributed by atoms with E-state index in [2.05, 4.69) is 17.1 Å². The van der Waals surface area contributed by atoms with Crippen LogP contribution in [0.2, 0.25) is 0 Å². The zero-order chi connectivity index (χ0) is 13.5. The highest BCUT2D eigenvalue weighted by molar-refractivity contribution is 5.85. The van der Waals surface area contributed by atoms with Gasteiger partial charge >= 0.3 is 0 Å². The van der Waals surface area contributed by atoms with Crippen molar-refractivity contribution < 1.29 is 4.79 Å². The number of hydrogen-bond acceptors (Lipinski definition) is 3. The Balaban J connectivity index is 4.51. The van der Waals surface area contributed by atoms with Gasteiger partial charge in [-0.05, 0) is 40.9 Å². The summed E-state index contributed by atoms with van der Waals surface area (Å²) in [5.41, 5.74) is -0.462. The minimum absolute atomic E-state index is 0.197. The van der Waals surface area contributed by atoms with E-state index in [1.54, 1.807) is 0 Å². The lowest BCUT2D eigenvalue weighted by Crippen LogP contribution is -2.55. The molecule has 0 spiro atoms. The van der Waals surface area contributed by atoms with Gasteiger partial charge in [0.1, 0.15) is 0 Å². The molecule has 0 heterocycles. The van der Waals surface area contributed by atoms with Crippen molar-refractivity contribution in [2.45, 2.75) is 39.7 Å². The zero-order valence-electron chi connectivity index (χ0n) is 12.3. The molecule has 0 atom stereocenters. The van der Waals surface area contributed by atoms with Crippen LogP contribution in [0.1, 0.15) is 34.1 Å². The predicted molar refractivity (Wildman–Crippen MR) is 73.2 cm³/mol. The Morgan fingerprint density at radius 3 is 2.12 bits per heavy atom. The molecular formula is C13H29N3O. The van der Waals surface area contributed by atoms with Crippen molar-refractivity contribution in [3.8, 4) is 0 Å². The largest absolute Gasteiger partial charge is 0.340 e. The molecule has 17 heavy (non-hydrogen) atoms. The molecule has 4 heteroatoms. The number of carbonyl (C=O) groups is 1. The highest BCUT2D eigenvalue weighted by atomic mass is 16.2. The Kier molecular flexibility index (Phi) is 7.39. The molecule has 0 aromatic rings. The molecule has 0 aliphatic heterocycles. The van der Waals surface area contributed by atoms with Gasteiger partial charge in [-0.25, -0.2) is 0 Å². The van der Waals surface area contributed by atoms with Crippen molar-refractivity contribution in [1.82, 2.24) is 15.1 Å². The molecular weight excluding hydrogens is 214 g/mol. The third-order valence-electron chi connectivity index (χ3n) is 2.75. The quantitative estimate of drug-likeness (QED) is 0.695. The van der Waals surface area contributed by atoms with Crippen LogP contribution in [0.15, 0.2) is 0 Å². The fourth-order valence-electron chi connectivity index (χ4n) is 1.82. The van der Waals surface area contributed by atoms with E-state index in [1.807, 2.05) is 39.8 Å². The molecule has 0 radical (unpaired) electrons. The van der Waals surface area contributed by atoms with E-state index in [-0.39, 0.29) is 5.91 Å². The van der Waals surface area contributed by atoms with Crippen molar-refractivity contribution >= 4 is 5.91 Å². The lowest BCUT2D eigenvalue weighted by molar-refractivity contribution is -0.137. The molecule has 0 aromatic heterocycles. The average Bonchev–Trinajstić information content (AvgIpc) is 2.22. The Bertz CT molecular complexity index is 227. The minimum Gasteiger partial charge on any atom is -0.340 e. The van der Waals surface area contributed by atoms with E-state index in [4.69, 9.17) is 0 Å². The molecule has 0 unspecified atom stereocenters. The number of likely N-dealkylation sites (N-methyl/N-ethyl adjacent to an activating group) is 2. The second-order valence-electron chi connectivity index (χ2n) is 5.25. The summed E-state index contributed by atoms with van der Waals surface area (Å²) in [4.78, 5) is 16.5. The zero-order valence-corrected chi connectivity index (χ0v) is 12.3. The van der Waals surface area contributed by atoms with Gasteiger partial charge in [0, 0.05) is 19.6 Å². The van der Waals surface area contributed by atoms with Crippen molar-refractivity contribution in [3.63, 3.8) is 0 Å². The first-order valence-corrected chi connectivity index (χ1v) is 6.54. The molecule has 0 saturated heterocycles. The van der Waals surface area contributed by atoms with Crippen LogP contribution in [0, 0.1) is 0 Å². The molecule has 4 nitrogen and oxygen atoms in total. The van der Waals surface area contributed by atoms with Crippen LogP contribution in [0.4, 0.5) is 0 Å². The van der Waals surface area contributed by atoms with Crippen LogP contribution in [0.25, 0.3) is 0 Å². The predicted octanol–water partition coefficient (Wildman–Crippen LogP) is 1.17. The van der Waals surface area contributed by atoms with Crippen LogP contribution < -0.4 is 5.32 Å². The number of nitrogens with zero attached hydrogens (tertiary/aromatic N) is 2. The Morgan fingerprint density at radius 2 is 1.71 bits per heavy atom. The summed E-state index contributed by atoms with van der Waals surface area (Å²) in [5, 5.41) is 3.24. The molecule has 0 rings (SSSR count). The van der Waals surface area contributed by atoms with Gasteiger partial charge in [-0.3, -0.25) is 4.79 Å². The van der Waals surface area contributed by atoms with E-state index in [0.29, 0.717) is 0 Å². The lowest BCUT2D eigenvalue weighted by atomic mass is 10.0. The molecule has 0 aromatic carbocycles. The maximum atomic E-state index is 12.4. The monoisotopic (exact) mass is 243 g/mol. The minimum atomic E-state index is -0.462. The van der Waals surface area contributed by atoms with Gasteiger partial charge in [-0.15, -0.1) is 0 Å². The summed E-state index contributed by atoms with van der Waals surface area (Å²) in [6.45, 7) is 11.4. The van der Waals surface area contributed by atoms with Gasteiger partial charge in [0.2, 0.25) is 5.91 Å². The fourth-order valence-corrected chi connectivity index (χ4v) is 1.82. The van der Waals surface area contributed by atoms with E-state index in [0.717, 1.165) is 32.6 Å². The first-order valence-electron chi connectivity index (χ1n) is 6.54. The highest BCUT2D eigenvalue weighted by Crippen LogP contribution is 2.08. The maximum absolute atomic E-state index is 12.4. The smallest absolute Gasteiger partial charge is 0.242 e. The SMILES string of the molecule is CCCN(CCN(C)C)C(=O)C(C)(C)NCC. The van der Waals surface area contributed by atoms with Gasteiger partial charge in [0.15, 0.2) is 0 Å². The summed E-state index contributed by atoms with van der Waals surface area (Å²) in [6, 6.07) is 0. The molecule has 0 aliphatic rings. The highest BCUT2D eigenvalue weighted by Gasteiger charge is 2.30. The average molecular weight is 243 g/mol. The van der Waals surface area contributed by atoms with Crippen LogP contribution in [0.5, 0.6) is 0 Å². The Morgan fingerprint density at radius 1 is 1.12 bits per heavy atom. The normalized spacial score (nSPS) is 11.9. The van der Waals surface area contributed by atoms with Gasteiger partial charge in [0.25, 0.3) is 0 Å². The van der Waals surface area contributed by atoms with Crippen molar-refractivity contribution in [2.75, 3.05) is 40.3 Å². The molecule has 0 aliphatic carbocycles. The number of nitrogens with one attached hydrogen (secondary N) is 1. The van der Waals surface area contributed by atoms with E-state index in [9.17, 15) is 4.79 Å². The third kappa shape index (κ3) is 6.03. The number of hydrogen-bond donors (Lipinski definition) is 1. The molecule has 0 fully saturated rings. The van der Waals surface area contributed by atoms with Gasteiger partial charge in [-0.2, -0.15) is 0 Å². The van der Waals surface area contributed by atoms with Crippen LogP contribution >= 0.6 is 0 Å². The molecule has 0 saturated carbocycles. The third-order valence-corrected chi connectivity index (χ3v) is 2.75. The van der Waals surface area contributed by atoms with Crippen LogP contribution in [-0.2, 0) is 4.79 Å². The summed E-state index contributed by atoms with van der Waals surface area (Å²) >= 11 is 0. The maximum Gasteiger partial charge on any atom is 0.242 e. The molecule has 102 valence electrons. The molecule has 1 amide bonds. The first kappa shape index (κ1) is 16.4. The second kappa shape index (κ2) is 7.67. The first-order chi connectivity index (χ1) is 7.85. The number of amides is 1. The van der Waals surface area contributed by atoms with Crippen molar-refractivity contribution in [3.05, 3.63) is 0 Å². The number of carbonyl (C=O) groups excluding carboxylic acids is 1. The number of rotatable bonds is 8. The molecule has 1 N–H and O–H groups in total. The van der Waals surface area contributed by atoms with E-state index >= 15 is 0 Å². The van der Waals surface area contributed by atoms with E-state index < -0.39 is 5.54 Å². The fraction of sp³-hybridized carbons (Fsp3) is 0.923. The van der Waals surface area contributed by atoms with Crippen molar-refractivity contribution in [2.24, 2.45) is 0 Å². The summed E-state index contributed by atoms with van der Waals surface area (Å²) in [5.74, 6) is 0.197. The van der Waals surface area contributed by atoms with Gasteiger partial charge in [-0.1, -0.05) is 13.8 Å². The standard InChI is InChI=1S/C13H29N3O/c1-7-9-16(11-10-15(5)6)12(17)13(3,4)14-8-2/h14H,7-11H2,1-6H3. The lowest BCUT2D eigenvalue weighted by Gasteiger charge is -2.33. The van der Waals surface area contributed by atoms with Crippen LogP contribution in [0.3, 0.4) is 0 Å². The summed E-state index contributed by atoms with van der Waals surface area (Å²) < 4.78 is 0. The Hall–Kier alpha value is -0.610. The topological polar surface area (TPSA) is 35.6 Å². The summed E-state index contributed by atoms with van der Waals surface area (Å²) in [6.07, 6.45) is 1.00.